The third-order valence-electron chi connectivity index (χ3n) is 3.76. The van der Waals surface area contributed by atoms with E-state index in [1.54, 1.807) is 17.8 Å². The largest absolute Gasteiger partial charge is 0.388 e. The number of thioether (sulfide) groups is 1. The van der Waals surface area contributed by atoms with Crippen molar-refractivity contribution < 1.29 is 4.79 Å². The number of nitrogens with one attached hydrogen (secondary N) is 1. The van der Waals surface area contributed by atoms with Crippen molar-refractivity contribution in [2.24, 2.45) is 11.5 Å². The van der Waals surface area contributed by atoms with Crippen molar-refractivity contribution in [2.75, 3.05) is 31.4 Å². The first-order valence-corrected chi connectivity index (χ1v) is 9.89. The number of aldehydes is 1. The van der Waals surface area contributed by atoms with E-state index in [2.05, 4.69) is 29.6 Å². The van der Waals surface area contributed by atoms with Crippen molar-refractivity contribution in [3.8, 4) is 0 Å². The first kappa shape index (κ1) is 23.2. The van der Waals surface area contributed by atoms with Crippen LogP contribution >= 0.6 is 11.8 Å². The first-order chi connectivity index (χ1) is 13.4. The lowest BCUT2D eigenvalue weighted by Gasteiger charge is -2.11. The fraction of sp³-hybridized carbons (Fsp3) is 0.227. The van der Waals surface area contributed by atoms with Gasteiger partial charge in [0.2, 0.25) is 0 Å². The zero-order valence-electron chi connectivity index (χ0n) is 17.0. The molecule has 0 amide bonds. The Bertz CT molecular complexity index is 794. The summed E-state index contributed by atoms with van der Waals surface area (Å²) in [6.07, 6.45) is 4.72. The van der Waals surface area contributed by atoms with Gasteiger partial charge in [-0.25, -0.2) is 0 Å². The van der Waals surface area contributed by atoms with Crippen molar-refractivity contribution in [1.29, 1.82) is 0 Å². The van der Waals surface area contributed by atoms with Crippen LogP contribution in [0.2, 0.25) is 0 Å². The fourth-order valence-corrected chi connectivity index (χ4v) is 3.10. The Kier molecular flexibility index (Phi) is 10.4. The molecule has 2 aromatic carbocycles. The molecule has 0 radical (unpaired) electrons. The summed E-state index contributed by atoms with van der Waals surface area (Å²) in [6.45, 7) is 1.95. The number of carbonyl (C=O) groups is 1. The Morgan fingerprint density at radius 2 is 1.82 bits per heavy atom. The third-order valence-corrected chi connectivity index (χ3v) is 4.92. The Morgan fingerprint density at radius 1 is 1.14 bits per heavy atom. The van der Waals surface area contributed by atoms with Gasteiger partial charge in [-0.15, -0.1) is 11.8 Å². The van der Waals surface area contributed by atoms with Crippen LogP contribution in [0.5, 0.6) is 0 Å². The van der Waals surface area contributed by atoms with Crippen LogP contribution in [0.4, 0.5) is 11.4 Å². The van der Waals surface area contributed by atoms with E-state index in [9.17, 15) is 4.79 Å². The van der Waals surface area contributed by atoms with Crippen LogP contribution in [0.1, 0.15) is 22.8 Å². The van der Waals surface area contributed by atoms with Crippen molar-refractivity contribution in [1.82, 2.24) is 0 Å². The average Bonchev–Trinajstić information content (AvgIpc) is 2.71. The van der Waals surface area contributed by atoms with E-state index < -0.39 is 0 Å². The van der Waals surface area contributed by atoms with E-state index in [1.165, 1.54) is 5.56 Å². The van der Waals surface area contributed by atoms with E-state index in [0.717, 1.165) is 33.9 Å². The van der Waals surface area contributed by atoms with Gasteiger partial charge in [0.25, 0.3) is 0 Å². The van der Waals surface area contributed by atoms with Crippen LogP contribution in [0.3, 0.4) is 0 Å². The minimum Gasteiger partial charge on any atom is -0.388 e. The van der Waals surface area contributed by atoms with Crippen molar-refractivity contribution in [3.05, 3.63) is 82.5 Å². The zero-order chi connectivity index (χ0) is 20.9. The highest BCUT2D eigenvalue weighted by Gasteiger charge is 2.00. The number of hydrogen-bond acceptors (Lipinski definition) is 6. The lowest BCUT2D eigenvalue weighted by Crippen LogP contribution is -2.10. The van der Waals surface area contributed by atoms with Gasteiger partial charge < -0.3 is 21.7 Å². The second kappa shape index (κ2) is 12.5. The molecule has 2 aromatic rings. The van der Waals surface area contributed by atoms with Crippen LogP contribution < -0.4 is 21.7 Å². The standard InChI is InChI=1S/C13H19N3S.C9H11NO/c1-3-4-12(13(14)15)17-9-10-5-7-11(16-2)8-6-10;1-10(2)9-5-3-4-8(6-9)7-11/h3-8,16H,9,14-15H2,1-2H3;3-7H,1-2H3/b4-3-;. The van der Waals surface area contributed by atoms with Crippen molar-refractivity contribution in [2.45, 2.75) is 12.7 Å². The highest BCUT2D eigenvalue weighted by Crippen LogP contribution is 2.23. The van der Waals surface area contributed by atoms with Gasteiger partial charge >= 0.3 is 0 Å². The van der Waals surface area contributed by atoms with E-state index >= 15 is 0 Å². The van der Waals surface area contributed by atoms with E-state index in [1.807, 2.05) is 63.3 Å². The van der Waals surface area contributed by atoms with E-state index in [4.69, 9.17) is 11.5 Å². The minimum absolute atomic E-state index is 0.375. The molecule has 0 fully saturated rings. The van der Waals surface area contributed by atoms with Gasteiger partial charge in [-0.05, 0) is 42.8 Å². The van der Waals surface area contributed by atoms with Gasteiger partial charge in [0.1, 0.15) is 12.1 Å². The smallest absolute Gasteiger partial charge is 0.150 e. The van der Waals surface area contributed by atoms with Crippen LogP contribution in [-0.2, 0) is 5.75 Å². The summed E-state index contributed by atoms with van der Waals surface area (Å²) in [5.74, 6) is 1.24. The van der Waals surface area contributed by atoms with E-state index in [0.29, 0.717) is 5.82 Å². The Balaban J connectivity index is 0.000000307. The highest BCUT2D eigenvalue weighted by atomic mass is 32.2. The number of nitrogens with two attached hydrogens (primary N) is 2. The summed E-state index contributed by atoms with van der Waals surface area (Å²) < 4.78 is 0. The number of rotatable bonds is 7. The summed E-state index contributed by atoms with van der Waals surface area (Å²) in [4.78, 5) is 13.2. The van der Waals surface area contributed by atoms with Gasteiger partial charge in [0.15, 0.2) is 0 Å². The molecular weight excluding hydrogens is 368 g/mol. The molecule has 0 aliphatic carbocycles. The maximum Gasteiger partial charge on any atom is 0.150 e. The summed E-state index contributed by atoms with van der Waals surface area (Å²) >= 11 is 1.64. The van der Waals surface area contributed by atoms with Crippen molar-refractivity contribution in [3.63, 3.8) is 0 Å². The number of hydrogen-bond donors (Lipinski definition) is 3. The lowest BCUT2D eigenvalue weighted by molar-refractivity contribution is 0.112. The van der Waals surface area contributed by atoms with Gasteiger partial charge in [-0.2, -0.15) is 0 Å². The van der Waals surface area contributed by atoms with Gasteiger partial charge in [-0.1, -0.05) is 30.3 Å². The second-order valence-electron chi connectivity index (χ2n) is 6.16. The number of nitrogens with zero attached hydrogens (tertiary/aromatic N) is 1. The normalized spacial score (nSPS) is 10.0. The molecule has 0 aliphatic heterocycles. The molecule has 5 nitrogen and oxygen atoms in total. The summed E-state index contributed by atoms with van der Waals surface area (Å²) in [5, 5.41) is 3.09. The van der Waals surface area contributed by atoms with Gasteiger partial charge in [-0.3, -0.25) is 4.79 Å². The summed E-state index contributed by atoms with van der Waals surface area (Å²) in [5.41, 5.74) is 15.3. The number of benzene rings is 2. The lowest BCUT2D eigenvalue weighted by atomic mass is 10.2. The van der Waals surface area contributed by atoms with E-state index in [-0.39, 0.29) is 0 Å². The van der Waals surface area contributed by atoms with Gasteiger partial charge in [0.05, 0.1) is 0 Å². The molecule has 0 bridgehead atoms. The summed E-state index contributed by atoms with van der Waals surface area (Å²) in [6, 6.07) is 15.8. The molecule has 0 unspecified atom stereocenters. The first-order valence-electron chi connectivity index (χ1n) is 8.91. The second-order valence-corrected chi connectivity index (χ2v) is 7.18. The Morgan fingerprint density at radius 3 is 2.32 bits per heavy atom. The molecule has 0 heterocycles. The Labute approximate surface area is 172 Å². The van der Waals surface area contributed by atoms with Gasteiger partial charge in [0, 0.05) is 48.7 Å². The summed E-state index contributed by atoms with van der Waals surface area (Å²) in [7, 11) is 5.81. The molecule has 2 rings (SSSR count). The molecule has 5 N–H and O–H groups in total. The van der Waals surface area contributed by atoms with Crippen LogP contribution in [0.25, 0.3) is 0 Å². The maximum atomic E-state index is 10.4. The predicted molar refractivity (Wildman–Crippen MR) is 124 cm³/mol. The van der Waals surface area contributed by atoms with Crippen LogP contribution in [0, 0.1) is 0 Å². The SMILES string of the molecule is C/C=C\C(SCc1ccc(NC)cc1)=C(N)N.CN(C)c1cccc(C=O)c1. The topological polar surface area (TPSA) is 84.4 Å². The molecule has 150 valence electrons. The molecule has 0 aromatic heterocycles. The zero-order valence-corrected chi connectivity index (χ0v) is 17.8. The Hall–Kier alpha value is -2.86. The fourth-order valence-electron chi connectivity index (χ4n) is 2.18. The number of carbonyl (C=O) groups excluding carboxylic acids is 1. The van der Waals surface area contributed by atoms with Crippen molar-refractivity contribution >= 4 is 29.4 Å². The molecule has 0 aliphatic rings. The third kappa shape index (κ3) is 8.22. The average molecular weight is 399 g/mol. The minimum atomic E-state index is 0.375. The number of allylic oxidation sites excluding steroid dienone is 2. The molecule has 0 atom stereocenters. The molecule has 28 heavy (non-hydrogen) atoms. The monoisotopic (exact) mass is 398 g/mol. The molecule has 0 saturated carbocycles. The molecular formula is C22H30N4OS. The van der Waals surface area contributed by atoms with Crippen LogP contribution in [-0.4, -0.2) is 27.4 Å². The molecule has 0 saturated heterocycles. The number of anilines is 2. The van der Waals surface area contributed by atoms with Crippen LogP contribution in [0.15, 0.2) is 71.4 Å². The molecule has 6 heteroatoms. The quantitative estimate of drug-likeness (QED) is 0.479. The predicted octanol–water partition coefficient (Wildman–Crippen LogP) is 4.19. The highest BCUT2D eigenvalue weighted by molar-refractivity contribution is 8.02. The maximum absolute atomic E-state index is 10.4. The molecule has 0 spiro atoms.